The maximum atomic E-state index is 13.3. The second kappa shape index (κ2) is 4.36. The predicted molar refractivity (Wildman–Crippen MR) is 78.8 cm³/mol. The zero-order chi connectivity index (χ0) is 14.6. The van der Waals surface area contributed by atoms with E-state index < -0.39 is 0 Å². The predicted octanol–water partition coefficient (Wildman–Crippen LogP) is 3.21. The molecule has 106 valence electrons. The molecule has 0 aliphatic carbocycles. The number of halogens is 2. The lowest BCUT2D eigenvalue weighted by Crippen LogP contribution is -1.95. The minimum atomic E-state index is -0.370. The van der Waals surface area contributed by atoms with Crippen molar-refractivity contribution in [2.75, 3.05) is 12.5 Å². The summed E-state index contributed by atoms with van der Waals surface area (Å²) in [4.78, 5) is 4.44. The van der Waals surface area contributed by atoms with Gasteiger partial charge >= 0.3 is 0 Å². The highest BCUT2D eigenvalue weighted by Crippen LogP contribution is 2.43. The largest absolute Gasteiger partial charge is 0.454 e. The molecular formula is C14H9BrFN3O2. The molecule has 0 radical (unpaired) electrons. The van der Waals surface area contributed by atoms with Gasteiger partial charge in [-0.25, -0.2) is 9.37 Å². The highest BCUT2D eigenvalue weighted by molar-refractivity contribution is 9.10. The number of benzene rings is 1. The average molecular weight is 350 g/mol. The van der Waals surface area contributed by atoms with E-state index in [9.17, 15) is 4.39 Å². The highest BCUT2D eigenvalue weighted by Gasteiger charge is 2.21. The maximum absolute atomic E-state index is 13.3. The first-order valence-electron chi connectivity index (χ1n) is 6.16. The van der Waals surface area contributed by atoms with Gasteiger partial charge in [0.25, 0.3) is 0 Å². The molecule has 0 unspecified atom stereocenters. The molecule has 0 bridgehead atoms. The third-order valence-corrected chi connectivity index (χ3v) is 3.91. The van der Waals surface area contributed by atoms with E-state index in [2.05, 4.69) is 20.9 Å². The van der Waals surface area contributed by atoms with Gasteiger partial charge in [-0.2, -0.15) is 0 Å². The van der Waals surface area contributed by atoms with Crippen molar-refractivity contribution in [3.8, 4) is 22.8 Å². The van der Waals surface area contributed by atoms with Crippen molar-refractivity contribution < 1.29 is 13.9 Å². The van der Waals surface area contributed by atoms with Crippen LogP contribution in [0, 0.1) is 5.82 Å². The summed E-state index contributed by atoms with van der Waals surface area (Å²) >= 11 is 3.44. The number of fused-ring (bicyclic) bond motifs is 2. The van der Waals surface area contributed by atoms with E-state index in [-0.39, 0.29) is 12.6 Å². The first-order chi connectivity index (χ1) is 10.1. The molecule has 1 aliphatic heterocycles. The Labute approximate surface area is 127 Å². The molecule has 0 amide bonds. The molecule has 3 aromatic rings. The van der Waals surface area contributed by atoms with E-state index in [1.54, 1.807) is 6.07 Å². The molecule has 1 aliphatic rings. The lowest BCUT2D eigenvalue weighted by atomic mass is 10.1. The van der Waals surface area contributed by atoms with Crippen LogP contribution in [-0.4, -0.2) is 16.2 Å². The van der Waals surface area contributed by atoms with Gasteiger partial charge in [-0.1, -0.05) is 0 Å². The van der Waals surface area contributed by atoms with Gasteiger partial charge in [-0.15, -0.1) is 0 Å². The van der Waals surface area contributed by atoms with Crippen LogP contribution < -0.4 is 15.2 Å². The Bertz CT molecular complexity index is 878. The molecule has 7 heteroatoms. The summed E-state index contributed by atoms with van der Waals surface area (Å²) in [6.45, 7) is 0.184. The molecule has 5 nitrogen and oxygen atoms in total. The molecule has 2 aromatic heterocycles. The van der Waals surface area contributed by atoms with Crippen LogP contribution in [0.2, 0.25) is 0 Å². The van der Waals surface area contributed by atoms with E-state index in [0.29, 0.717) is 28.7 Å². The van der Waals surface area contributed by atoms with Crippen molar-refractivity contribution in [2.24, 2.45) is 0 Å². The second-order valence-electron chi connectivity index (χ2n) is 4.61. The number of imidazole rings is 1. The number of aromatic nitrogens is 2. The molecule has 0 spiro atoms. The van der Waals surface area contributed by atoms with Crippen LogP contribution in [0.1, 0.15) is 0 Å². The lowest BCUT2D eigenvalue weighted by Gasteiger charge is -2.04. The topological polar surface area (TPSA) is 61.8 Å². The average Bonchev–Trinajstić information content (AvgIpc) is 3.05. The quantitative estimate of drug-likeness (QED) is 0.732. The van der Waals surface area contributed by atoms with Gasteiger partial charge in [0.2, 0.25) is 6.79 Å². The molecule has 4 rings (SSSR count). The minimum Gasteiger partial charge on any atom is -0.454 e. The van der Waals surface area contributed by atoms with Crippen LogP contribution in [0.5, 0.6) is 11.5 Å². The molecule has 0 fully saturated rings. The van der Waals surface area contributed by atoms with E-state index >= 15 is 0 Å². The van der Waals surface area contributed by atoms with Crippen molar-refractivity contribution in [3.05, 3.63) is 40.8 Å². The highest BCUT2D eigenvalue weighted by atomic mass is 79.9. The zero-order valence-corrected chi connectivity index (χ0v) is 12.2. The van der Waals surface area contributed by atoms with Crippen LogP contribution in [0.25, 0.3) is 16.9 Å². The van der Waals surface area contributed by atoms with Crippen LogP contribution in [0.3, 0.4) is 0 Å². The summed E-state index contributed by atoms with van der Waals surface area (Å²) < 4.78 is 26.3. The number of nitrogens with two attached hydrogens (primary N) is 1. The number of anilines is 1. The van der Waals surface area contributed by atoms with E-state index in [1.165, 1.54) is 16.7 Å². The summed E-state index contributed by atoms with van der Waals surface area (Å²) in [5.74, 6) is 1.29. The Morgan fingerprint density at radius 2 is 2.14 bits per heavy atom. The first-order valence-corrected chi connectivity index (χ1v) is 6.95. The molecule has 0 saturated heterocycles. The number of pyridine rings is 1. The van der Waals surface area contributed by atoms with Gasteiger partial charge in [0, 0.05) is 11.8 Å². The molecular weight excluding hydrogens is 341 g/mol. The van der Waals surface area contributed by atoms with Crippen molar-refractivity contribution in [3.63, 3.8) is 0 Å². The zero-order valence-electron chi connectivity index (χ0n) is 10.6. The minimum absolute atomic E-state index is 0.184. The second-order valence-corrected chi connectivity index (χ2v) is 5.47. The van der Waals surface area contributed by atoms with Crippen molar-refractivity contribution in [1.82, 2.24) is 9.38 Å². The smallest absolute Gasteiger partial charge is 0.231 e. The molecule has 0 atom stereocenters. The Balaban J connectivity index is 1.95. The Morgan fingerprint density at radius 3 is 3.00 bits per heavy atom. The normalized spacial score (nSPS) is 13.0. The van der Waals surface area contributed by atoms with Gasteiger partial charge in [-0.3, -0.25) is 4.40 Å². The van der Waals surface area contributed by atoms with Crippen LogP contribution in [0.15, 0.2) is 34.9 Å². The summed E-state index contributed by atoms with van der Waals surface area (Å²) in [5.41, 5.74) is 8.00. The Morgan fingerprint density at radius 1 is 1.29 bits per heavy atom. The monoisotopic (exact) mass is 349 g/mol. The van der Waals surface area contributed by atoms with Crippen LogP contribution in [-0.2, 0) is 0 Å². The molecule has 1 aromatic carbocycles. The Kier molecular flexibility index (Phi) is 2.58. The fourth-order valence-electron chi connectivity index (χ4n) is 2.35. The van der Waals surface area contributed by atoms with Gasteiger partial charge in [0.05, 0.1) is 4.47 Å². The molecule has 0 saturated carbocycles. The SMILES string of the molecule is Nc1c(-c2cc(Br)c3c(c2)OCO3)nc2ccc(F)cn12. The first kappa shape index (κ1) is 12.5. The van der Waals surface area contributed by atoms with E-state index in [1.807, 2.05) is 12.1 Å². The Hall–Kier alpha value is -2.28. The third-order valence-electron chi connectivity index (χ3n) is 3.32. The number of nitrogens with zero attached hydrogens (tertiary/aromatic N) is 2. The lowest BCUT2D eigenvalue weighted by molar-refractivity contribution is 0.173. The van der Waals surface area contributed by atoms with Gasteiger partial charge in [-0.05, 0) is 40.2 Å². The van der Waals surface area contributed by atoms with Gasteiger partial charge in [0.15, 0.2) is 11.5 Å². The van der Waals surface area contributed by atoms with Gasteiger partial charge in [0.1, 0.15) is 23.0 Å². The summed E-state index contributed by atoms with van der Waals surface area (Å²) in [7, 11) is 0. The third kappa shape index (κ3) is 1.84. The maximum Gasteiger partial charge on any atom is 0.231 e. The molecule has 21 heavy (non-hydrogen) atoms. The van der Waals surface area contributed by atoms with Crippen molar-refractivity contribution in [2.45, 2.75) is 0 Å². The summed E-state index contributed by atoms with van der Waals surface area (Å²) in [5, 5.41) is 0. The van der Waals surface area contributed by atoms with E-state index in [0.717, 1.165) is 10.0 Å². The number of rotatable bonds is 1. The fraction of sp³-hybridized carbons (Fsp3) is 0.0714. The number of nitrogen functional groups attached to an aromatic ring is 1. The van der Waals surface area contributed by atoms with Gasteiger partial charge < -0.3 is 15.2 Å². The van der Waals surface area contributed by atoms with Crippen LogP contribution in [0.4, 0.5) is 10.2 Å². The molecule has 2 N–H and O–H groups in total. The molecule has 3 heterocycles. The summed E-state index contributed by atoms with van der Waals surface area (Å²) in [6, 6.07) is 6.59. The fourth-order valence-corrected chi connectivity index (χ4v) is 2.91. The number of hydrogen-bond acceptors (Lipinski definition) is 4. The number of hydrogen-bond donors (Lipinski definition) is 1. The standard InChI is InChI=1S/C14H9BrFN3O2/c15-9-3-7(4-10-13(9)21-6-20-10)12-14(17)19-5-8(16)1-2-11(19)18-12/h1-5H,6,17H2. The van der Waals surface area contributed by atoms with Crippen molar-refractivity contribution in [1.29, 1.82) is 0 Å². The van der Waals surface area contributed by atoms with E-state index in [4.69, 9.17) is 15.2 Å². The number of ether oxygens (including phenoxy) is 2. The summed E-state index contributed by atoms with van der Waals surface area (Å²) in [6.07, 6.45) is 1.31. The van der Waals surface area contributed by atoms with Crippen molar-refractivity contribution >= 4 is 27.4 Å². The van der Waals surface area contributed by atoms with Crippen LogP contribution >= 0.6 is 15.9 Å².